The van der Waals surface area contributed by atoms with Crippen molar-refractivity contribution in [2.75, 3.05) is 0 Å². The Kier molecular flexibility index (Phi) is 2.98. The molecule has 74 valence electrons. The molecule has 0 bridgehead atoms. The van der Waals surface area contributed by atoms with Gasteiger partial charge in [-0.1, -0.05) is 0 Å². The lowest BCUT2D eigenvalue weighted by molar-refractivity contribution is 0.638. The van der Waals surface area contributed by atoms with Crippen LogP contribution in [0.3, 0.4) is 0 Å². The van der Waals surface area contributed by atoms with Crippen molar-refractivity contribution in [2.24, 2.45) is 5.84 Å². The van der Waals surface area contributed by atoms with Crippen LogP contribution in [-0.2, 0) is 0 Å². The highest BCUT2D eigenvalue weighted by Crippen LogP contribution is 2.28. The number of aryl methyl sites for hydroxylation is 1. The summed E-state index contributed by atoms with van der Waals surface area (Å²) in [7, 11) is 0. The van der Waals surface area contributed by atoms with Crippen LogP contribution < -0.4 is 11.3 Å². The minimum Gasteiger partial charge on any atom is -0.271 e. The monoisotopic (exact) mass is 224 g/mol. The largest absolute Gasteiger partial charge is 0.271 e. The van der Waals surface area contributed by atoms with Crippen molar-refractivity contribution in [3.05, 3.63) is 44.3 Å². The normalized spacial score (nSPS) is 13.0. The summed E-state index contributed by atoms with van der Waals surface area (Å²) in [5, 5.41) is 6.30. The van der Waals surface area contributed by atoms with Crippen LogP contribution in [0.2, 0.25) is 0 Å². The summed E-state index contributed by atoms with van der Waals surface area (Å²) in [6.07, 6.45) is 0. The zero-order chi connectivity index (χ0) is 9.97. The van der Waals surface area contributed by atoms with Gasteiger partial charge in [-0.05, 0) is 46.3 Å². The van der Waals surface area contributed by atoms with Crippen molar-refractivity contribution in [3.8, 4) is 0 Å². The lowest BCUT2D eigenvalue weighted by Gasteiger charge is -2.14. The van der Waals surface area contributed by atoms with E-state index in [0.717, 1.165) is 0 Å². The molecule has 0 amide bonds. The lowest BCUT2D eigenvalue weighted by atomic mass is 10.0. The van der Waals surface area contributed by atoms with Crippen LogP contribution in [0.25, 0.3) is 0 Å². The Labute approximate surface area is 91.4 Å². The van der Waals surface area contributed by atoms with Crippen LogP contribution in [0, 0.1) is 6.92 Å². The summed E-state index contributed by atoms with van der Waals surface area (Å²) in [5.41, 5.74) is 5.37. The van der Waals surface area contributed by atoms with Crippen LogP contribution in [0.15, 0.2) is 28.3 Å². The summed E-state index contributed by atoms with van der Waals surface area (Å²) >= 11 is 3.45. The highest BCUT2D eigenvalue weighted by molar-refractivity contribution is 7.10. The van der Waals surface area contributed by atoms with Gasteiger partial charge in [0.25, 0.3) is 0 Å². The molecular formula is C10H12N2S2. The van der Waals surface area contributed by atoms with E-state index in [0.29, 0.717) is 0 Å². The molecule has 0 aliphatic rings. The second-order valence-corrected chi connectivity index (χ2v) is 4.99. The predicted molar refractivity (Wildman–Crippen MR) is 62.5 cm³/mol. The van der Waals surface area contributed by atoms with Gasteiger partial charge in [0, 0.05) is 4.88 Å². The fraction of sp³-hybridized carbons (Fsp3) is 0.200. The molecule has 0 aromatic carbocycles. The van der Waals surface area contributed by atoms with E-state index in [2.05, 4.69) is 40.6 Å². The Bertz CT molecular complexity index is 392. The van der Waals surface area contributed by atoms with Crippen molar-refractivity contribution >= 4 is 22.7 Å². The molecule has 3 N–H and O–H groups in total. The van der Waals surface area contributed by atoms with Crippen molar-refractivity contribution in [3.63, 3.8) is 0 Å². The van der Waals surface area contributed by atoms with E-state index in [1.165, 1.54) is 16.0 Å². The first-order valence-electron chi connectivity index (χ1n) is 4.35. The highest BCUT2D eigenvalue weighted by Gasteiger charge is 2.15. The number of hydrogen-bond acceptors (Lipinski definition) is 4. The maximum absolute atomic E-state index is 5.58. The molecule has 0 fully saturated rings. The minimum absolute atomic E-state index is 0.132. The Balaban J connectivity index is 2.36. The molecule has 2 rings (SSSR count). The van der Waals surface area contributed by atoms with Crippen molar-refractivity contribution in [1.82, 2.24) is 5.43 Å². The van der Waals surface area contributed by atoms with Gasteiger partial charge in [-0.15, -0.1) is 11.3 Å². The molecule has 0 aliphatic carbocycles. The van der Waals surface area contributed by atoms with Crippen LogP contribution in [0.4, 0.5) is 0 Å². The van der Waals surface area contributed by atoms with E-state index in [1.54, 1.807) is 22.7 Å². The first-order chi connectivity index (χ1) is 6.83. The summed E-state index contributed by atoms with van der Waals surface area (Å²) in [6, 6.07) is 4.36. The van der Waals surface area contributed by atoms with Gasteiger partial charge in [0.15, 0.2) is 0 Å². The molecule has 0 radical (unpaired) electrons. The van der Waals surface area contributed by atoms with E-state index in [4.69, 9.17) is 5.84 Å². The van der Waals surface area contributed by atoms with Gasteiger partial charge >= 0.3 is 0 Å². The van der Waals surface area contributed by atoms with E-state index in [1.807, 2.05) is 0 Å². The summed E-state index contributed by atoms with van der Waals surface area (Å²) in [5.74, 6) is 5.58. The molecule has 0 aliphatic heterocycles. The fourth-order valence-corrected chi connectivity index (χ4v) is 2.93. The maximum Gasteiger partial charge on any atom is 0.0728 e. The quantitative estimate of drug-likeness (QED) is 0.621. The highest BCUT2D eigenvalue weighted by atomic mass is 32.1. The van der Waals surface area contributed by atoms with Crippen LogP contribution in [0.1, 0.15) is 22.0 Å². The predicted octanol–water partition coefficient (Wildman–Crippen LogP) is 2.67. The Morgan fingerprint density at radius 1 is 1.36 bits per heavy atom. The Morgan fingerprint density at radius 3 is 2.71 bits per heavy atom. The van der Waals surface area contributed by atoms with Crippen molar-refractivity contribution in [1.29, 1.82) is 0 Å². The van der Waals surface area contributed by atoms with Gasteiger partial charge in [0.1, 0.15) is 0 Å². The third-order valence-corrected chi connectivity index (χ3v) is 3.82. The third-order valence-electron chi connectivity index (χ3n) is 2.25. The number of thiophene rings is 2. The van der Waals surface area contributed by atoms with E-state index in [9.17, 15) is 0 Å². The zero-order valence-electron chi connectivity index (χ0n) is 7.86. The molecule has 1 atom stereocenters. The van der Waals surface area contributed by atoms with Gasteiger partial charge in [0.05, 0.1) is 6.04 Å². The Hall–Kier alpha value is -0.680. The van der Waals surface area contributed by atoms with Crippen LogP contribution in [0.5, 0.6) is 0 Å². The Morgan fingerprint density at radius 2 is 2.21 bits per heavy atom. The van der Waals surface area contributed by atoms with Crippen LogP contribution in [-0.4, -0.2) is 0 Å². The van der Waals surface area contributed by atoms with Gasteiger partial charge < -0.3 is 0 Å². The molecular weight excluding hydrogens is 212 g/mol. The standard InChI is InChI=1S/C10H12N2S2/c1-7-9(3-5-14-7)10(12-11)8-2-4-13-6-8/h2-6,10,12H,11H2,1H3. The SMILES string of the molecule is Cc1sccc1C(NN)c1ccsc1. The molecule has 0 spiro atoms. The number of hydrogen-bond donors (Lipinski definition) is 2. The van der Waals surface area contributed by atoms with Crippen molar-refractivity contribution in [2.45, 2.75) is 13.0 Å². The number of rotatable bonds is 3. The average molecular weight is 224 g/mol. The smallest absolute Gasteiger partial charge is 0.0728 e. The first kappa shape index (κ1) is 9.86. The summed E-state index contributed by atoms with van der Waals surface area (Å²) in [6.45, 7) is 2.12. The molecule has 2 heterocycles. The summed E-state index contributed by atoms with van der Waals surface area (Å²) in [4.78, 5) is 1.32. The van der Waals surface area contributed by atoms with Gasteiger partial charge in [-0.2, -0.15) is 11.3 Å². The second-order valence-electron chi connectivity index (χ2n) is 3.09. The average Bonchev–Trinajstić information content (AvgIpc) is 2.80. The second kappa shape index (κ2) is 4.23. The van der Waals surface area contributed by atoms with Gasteiger partial charge in [0.2, 0.25) is 0 Å². The molecule has 1 unspecified atom stereocenters. The minimum atomic E-state index is 0.132. The number of nitrogens with two attached hydrogens (primary N) is 1. The summed E-state index contributed by atoms with van der Waals surface area (Å²) < 4.78 is 0. The first-order valence-corrected chi connectivity index (χ1v) is 6.17. The number of nitrogens with one attached hydrogen (secondary N) is 1. The molecule has 2 nitrogen and oxygen atoms in total. The van der Waals surface area contributed by atoms with E-state index < -0.39 is 0 Å². The molecule has 0 saturated heterocycles. The molecule has 4 heteroatoms. The molecule has 14 heavy (non-hydrogen) atoms. The van der Waals surface area contributed by atoms with Crippen LogP contribution >= 0.6 is 22.7 Å². The topological polar surface area (TPSA) is 38.0 Å². The third kappa shape index (κ3) is 1.74. The number of hydrazine groups is 1. The lowest BCUT2D eigenvalue weighted by Crippen LogP contribution is -2.28. The van der Waals surface area contributed by atoms with E-state index >= 15 is 0 Å². The van der Waals surface area contributed by atoms with E-state index in [-0.39, 0.29) is 6.04 Å². The molecule has 2 aromatic heterocycles. The maximum atomic E-state index is 5.58. The van der Waals surface area contributed by atoms with Crippen molar-refractivity contribution < 1.29 is 0 Å². The van der Waals surface area contributed by atoms with Gasteiger partial charge in [-0.3, -0.25) is 5.84 Å². The molecule has 0 saturated carbocycles. The van der Waals surface area contributed by atoms with Gasteiger partial charge in [-0.25, -0.2) is 5.43 Å². The molecule has 2 aromatic rings. The zero-order valence-corrected chi connectivity index (χ0v) is 9.49. The fourth-order valence-electron chi connectivity index (χ4n) is 1.50.